The maximum absolute atomic E-state index is 5.78. The van der Waals surface area contributed by atoms with E-state index in [0.717, 1.165) is 30.2 Å². The quantitative estimate of drug-likeness (QED) is 0.788. The Labute approximate surface area is 93.5 Å². The first-order chi connectivity index (χ1) is 7.75. The van der Waals surface area contributed by atoms with Crippen LogP contribution in [0.2, 0.25) is 0 Å². The predicted octanol–water partition coefficient (Wildman–Crippen LogP) is 0.676. The highest BCUT2D eigenvalue weighted by atomic mass is 15.4. The topological polar surface area (TPSA) is 81.7 Å². The average Bonchev–Trinajstić information content (AvgIpc) is 2.76. The first kappa shape index (κ1) is 10.4. The highest BCUT2D eigenvalue weighted by Gasteiger charge is 1.98. The normalized spacial score (nSPS) is 10.3. The minimum Gasteiger partial charge on any atom is -0.398 e. The van der Waals surface area contributed by atoms with E-state index in [1.165, 1.54) is 0 Å². The summed E-state index contributed by atoms with van der Waals surface area (Å²) in [6.45, 7) is 3.41. The molecule has 0 unspecified atom stereocenters. The van der Waals surface area contributed by atoms with Gasteiger partial charge in [0.25, 0.3) is 0 Å². The van der Waals surface area contributed by atoms with Crippen molar-refractivity contribution in [3.05, 3.63) is 30.2 Å². The fourth-order valence-corrected chi connectivity index (χ4v) is 1.29. The molecule has 2 aromatic rings. The fourth-order valence-electron chi connectivity index (χ4n) is 1.29. The van der Waals surface area contributed by atoms with Gasteiger partial charge in [-0.2, -0.15) is 0 Å². The number of hydrogen-bond donors (Lipinski definition) is 2. The monoisotopic (exact) mass is 218 g/mol. The third-order valence-electron chi connectivity index (χ3n) is 2.26. The summed E-state index contributed by atoms with van der Waals surface area (Å²) in [6.07, 6.45) is 5.23. The van der Waals surface area contributed by atoms with Gasteiger partial charge >= 0.3 is 0 Å². The third kappa shape index (κ3) is 2.47. The number of rotatable bonds is 4. The Hall–Kier alpha value is -2.11. The van der Waals surface area contributed by atoms with Gasteiger partial charge in [0.15, 0.2) is 0 Å². The van der Waals surface area contributed by atoms with Crippen molar-refractivity contribution in [3.63, 3.8) is 0 Å². The predicted molar refractivity (Wildman–Crippen MR) is 61.9 cm³/mol. The summed E-state index contributed by atoms with van der Waals surface area (Å²) >= 11 is 0. The molecule has 2 aromatic heterocycles. The van der Waals surface area contributed by atoms with Crippen LogP contribution in [0.25, 0.3) is 0 Å². The van der Waals surface area contributed by atoms with Crippen molar-refractivity contribution in [3.8, 4) is 0 Å². The zero-order valence-corrected chi connectivity index (χ0v) is 9.09. The summed E-state index contributed by atoms with van der Waals surface area (Å²) < 4.78 is 1.75. The van der Waals surface area contributed by atoms with Crippen LogP contribution in [0, 0.1) is 6.92 Å². The second-order valence-corrected chi connectivity index (χ2v) is 3.52. The summed E-state index contributed by atoms with van der Waals surface area (Å²) in [7, 11) is 0. The smallest absolute Gasteiger partial charge is 0.128 e. The van der Waals surface area contributed by atoms with E-state index in [4.69, 9.17) is 5.73 Å². The number of nitrogen functional groups attached to an aromatic ring is 1. The number of nitrogens with one attached hydrogen (secondary N) is 1. The Kier molecular flexibility index (Phi) is 3.00. The van der Waals surface area contributed by atoms with E-state index in [0.29, 0.717) is 0 Å². The summed E-state index contributed by atoms with van der Waals surface area (Å²) in [5.74, 6) is 0.781. The van der Waals surface area contributed by atoms with Gasteiger partial charge in [0.05, 0.1) is 12.7 Å². The van der Waals surface area contributed by atoms with Crippen LogP contribution >= 0.6 is 0 Å². The molecular weight excluding hydrogens is 204 g/mol. The van der Waals surface area contributed by atoms with Crippen LogP contribution in [0.1, 0.15) is 5.56 Å². The Balaban J connectivity index is 1.87. The maximum atomic E-state index is 5.78. The molecule has 3 N–H and O–H groups in total. The fraction of sp³-hybridized carbons (Fsp3) is 0.300. The number of aryl methyl sites for hydroxylation is 1. The minimum atomic E-state index is 0.735. The van der Waals surface area contributed by atoms with E-state index in [2.05, 4.69) is 20.6 Å². The van der Waals surface area contributed by atoms with Crippen molar-refractivity contribution in [2.24, 2.45) is 0 Å². The Morgan fingerprint density at radius 2 is 2.38 bits per heavy atom. The van der Waals surface area contributed by atoms with E-state index >= 15 is 0 Å². The van der Waals surface area contributed by atoms with Gasteiger partial charge in [-0.15, -0.1) is 5.10 Å². The molecule has 84 valence electrons. The van der Waals surface area contributed by atoms with Gasteiger partial charge in [-0.05, 0) is 12.5 Å². The number of aromatic nitrogens is 4. The van der Waals surface area contributed by atoms with Crippen LogP contribution in [-0.4, -0.2) is 26.5 Å². The van der Waals surface area contributed by atoms with Crippen LogP contribution in [-0.2, 0) is 6.54 Å². The minimum absolute atomic E-state index is 0.735. The van der Waals surface area contributed by atoms with Crippen LogP contribution in [0.5, 0.6) is 0 Å². The highest BCUT2D eigenvalue weighted by molar-refractivity contribution is 5.53. The number of nitrogens with zero attached hydrogens (tertiary/aromatic N) is 4. The second kappa shape index (κ2) is 4.61. The van der Waals surface area contributed by atoms with Gasteiger partial charge in [-0.1, -0.05) is 5.21 Å². The van der Waals surface area contributed by atoms with Gasteiger partial charge in [0.1, 0.15) is 5.82 Å². The summed E-state index contributed by atoms with van der Waals surface area (Å²) in [5.41, 5.74) is 7.52. The highest BCUT2D eigenvalue weighted by Crippen LogP contribution is 2.12. The first-order valence-electron chi connectivity index (χ1n) is 5.06. The van der Waals surface area contributed by atoms with Gasteiger partial charge in [-0.3, -0.25) is 4.68 Å². The van der Waals surface area contributed by atoms with E-state index in [-0.39, 0.29) is 0 Å². The lowest BCUT2D eigenvalue weighted by atomic mass is 10.2. The zero-order valence-electron chi connectivity index (χ0n) is 9.09. The number of anilines is 2. The Morgan fingerprint density at radius 3 is 3.06 bits per heavy atom. The van der Waals surface area contributed by atoms with Gasteiger partial charge in [0, 0.05) is 30.7 Å². The van der Waals surface area contributed by atoms with E-state index in [9.17, 15) is 0 Å². The van der Waals surface area contributed by atoms with E-state index in [1.54, 1.807) is 17.1 Å². The van der Waals surface area contributed by atoms with Crippen molar-refractivity contribution in [1.82, 2.24) is 20.0 Å². The summed E-state index contributed by atoms with van der Waals surface area (Å²) in [6, 6.07) is 1.83. The van der Waals surface area contributed by atoms with Gasteiger partial charge < -0.3 is 11.1 Å². The molecule has 0 saturated carbocycles. The molecule has 16 heavy (non-hydrogen) atoms. The molecular formula is C10H14N6. The third-order valence-corrected chi connectivity index (χ3v) is 2.26. The lowest BCUT2D eigenvalue weighted by molar-refractivity contribution is 0.608. The van der Waals surface area contributed by atoms with Gasteiger partial charge in [0.2, 0.25) is 0 Å². The summed E-state index contributed by atoms with van der Waals surface area (Å²) in [4.78, 5) is 4.22. The van der Waals surface area contributed by atoms with Crippen molar-refractivity contribution >= 4 is 11.5 Å². The molecule has 2 rings (SSSR count). The molecule has 0 atom stereocenters. The van der Waals surface area contributed by atoms with Crippen LogP contribution < -0.4 is 11.1 Å². The summed E-state index contributed by atoms with van der Waals surface area (Å²) in [5, 5.41) is 10.8. The largest absolute Gasteiger partial charge is 0.398 e. The molecule has 0 radical (unpaired) electrons. The van der Waals surface area contributed by atoms with Crippen molar-refractivity contribution < 1.29 is 0 Å². The molecule has 0 bridgehead atoms. The van der Waals surface area contributed by atoms with Crippen LogP contribution in [0.4, 0.5) is 11.5 Å². The molecule has 0 aromatic carbocycles. The van der Waals surface area contributed by atoms with Crippen LogP contribution in [0.15, 0.2) is 24.7 Å². The molecule has 0 aliphatic heterocycles. The van der Waals surface area contributed by atoms with Crippen LogP contribution in [0.3, 0.4) is 0 Å². The lowest BCUT2D eigenvalue weighted by Gasteiger charge is -2.07. The van der Waals surface area contributed by atoms with Crippen molar-refractivity contribution in [2.75, 3.05) is 17.6 Å². The first-order valence-corrected chi connectivity index (χ1v) is 5.06. The zero-order chi connectivity index (χ0) is 11.4. The molecule has 0 aliphatic rings. The number of hydrogen-bond acceptors (Lipinski definition) is 5. The Morgan fingerprint density at radius 1 is 1.50 bits per heavy atom. The van der Waals surface area contributed by atoms with Gasteiger partial charge in [-0.25, -0.2) is 4.98 Å². The number of nitrogens with two attached hydrogens (primary N) is 1. The van der Waals surface area contributed by atoms with Crippen molar-refractivity contribution in [2.45, 2.75) is 13.5 Å². The SMILES string of the molecule is Cc1cnc(NCCn2ccnn2)cc1N. The van der Waals surface area contributed by atoms with Crippen molar-refractivity contribution in [1.29, 1.82) is 0 Å². The standard InChI is InChI=1S/C10H14N6/c1-8-7-13-10(6-9(8)11)12-2-4-16-5-3-14-15-16/h3,5-7H,2,4H2,1H3,(H3,11,12,13). The molecule has 0 saturated heterocycles. The molecule has 2 heterocycles. The number of pyridine rings is 1. The molecule has 0 amide bonds. The average molecular weight is 218 g/mol. The lowest BCUT2D eigenvalue weighted by Crippen LogP contribution is -2.12. The molecule has 0 spiro atoms. The Bertz CT molecular complexity index is 450. The molecule has 6 heteroatoms. The van der Waals surface area contributed by atoms with E-state index in [1.807, 2.05) is 19.2 Å². The maximum Gasteiger partial charge on any atom is 0.128 e. The molecule has 0 aliphatic carbocycles. The molecule has 0 fully saturated rings. The van der Waals surface area contributed by atoms with E-state index < -0.39 is 0 Å². The molecule has 6 nitrogen and oxygen atoms in total. The second-order valence-electron chi connectivity index (χ2n) is 3.52.